The monoisotopic (exact) mass is 342 g/mol. The molecule has 0 spiro atoms. The van der Waals surface area contributed by atoms with Crippen LogP contribution in [-0.2, 0) is 9.59 Å². The molecule has 0 aromatic heterocycles. The minimum Gasteiger partial charge on any atom is -0.299 e. The van der Waals surface area contributed by atoms with Gasteiger partial charge in [-0.1, -0.05) is 49.2 Å². The number of benzene rings is 1. The standard InChI is InChI=1S/C20H24BClO2/c1-20(21)5-2-3-13(4-6-20)14-7-15(9-17(22)8-14)16-10-18(23)12-19(24)11-16/h7-9,13,16H,2-6,10-12H2,1H3. The second-order valence-electron chi connectivity index (χ2n) is 7.96. The first-order chi connectivity index (χ1) is 11.3. The van der Waals surface area contributed by atoms with E-state index >= 15 is 0 Å². The van der Waals surface area contributed by atoms with Crippen molar-refractivity contribution >= 4 is 31.0 Å². The second kappa shape index (κ2) is 7.03. The SMILES string of the molecule is [B]C1(C)CCCC(c2cc(Cl)cc(C3CC(=O)CC(=O)C3)c2)CC1. The number of halogens is 1. The van der Waals surface area contributed by atoms with E-state index in [1.54, 1.807) is 0 Å². The average Bonchev–Trinajstić information content (AvgIpc) is 2.66. The second-order valence-corrected chi connectivity index (χ2v) is 8.40. The highest BCUT2D eigenvalue weighted by atomic mass is 35.5. The van der Waals surface area contributed by atoms with Crippen LogP contribution in [0.15, 0.2) is 18.2 Å². The van der Waals surface area contributed by atoms with Crippen LogP contribution in [0, 0.1) is 0 Å². The summed E-state index contributed by atoms with van der Waals surface area (Å²) >= 11 is 6.36. The van der Waals surface area contributed by atoms with Gasteiger partial charge in [-0.05, 0) is 47.9 Å². The highest BCUT2D eigenvalue weighted by Gasteiger charge is 2.29. The highest BCUT2D eigenvalue weighted by molar-refractivity contribution is 6.30. The minimum absolute atomic E-state index is 0.0123. The molecule has 0 bridgehead atoms. The predicted octanol–water partition coefficient (Wildman–Crippen LogP) is 5.14. The van der Waals surface area contributed by atoms with E-state index in [1.807, 2.05) is 12.1 Å². The first-order valence-corrected chi connectivity index (χ1v) is 9.33. The van der Waals surface area contributed by atoms with E-state index in [1.165, 1.54) is 5.56 Å². The van der Waals surface area contributed by atoms with Crippen LogP contribution in [0.2, 0.25) is 10.3 Å². The molecule has 2 saturated carbocycles. The van der Waals surface area contributed by atoms with E-state index in [0.717, 1.165) is 37.7 Å². The van der Waals surface area contributed by atoms with Gasteiger partial charge < -0.3 is 0 Å². The van der Waals surface area contributed by atoms with Gasteiger partial charge in [-0.15, -0.1) is 0 Å². The Morgan fingerprint density at radius 2 is 1.62 bits per heavy atom. The van der Waals surface area contributed by atoms with Crippen LogP contribution in [0.4, 0.5) is 0 Å². The van der Waals surface area contributed by atoms with Gasteiger partial charge in [0.25, 0.3) is 0 Å². The summed E-state index contributed by atoms with van der Waals surface area (Å²) in [6, 6.07) is 6.14. The van der Waals surface area contributed by atoms with Crippen LogP contribution >= 0.6 is 11.6 Å². The normalized spacial score (nSPS) is 29.5. The molecule has 0 saturated heterocycles. The van der Waals surface area contributed by atoms with Crippen LogP contribution in [0.1, 0.15) is 81.3 Å². The van der Waals surface area contributed by atoms with Crippen LogP contribution in [0.3, 0.4) is 0 Å². The van der Waals surface area contributed by atoms with Gasteiger partial charge in [0, 0.05) is 17.9 Å². The van der Waals surface area contributed by atoms with Crippen molar-refractivity contribution in [3.63, 3.8) is 0 Å². The first-order valence-electron chi connectivity index (χ1n) is 8.95. The molecule has 2 unspecified atom stereocenters. The molecule has 0 N–H and O–H groups in total. The van der Waals surface area contributed by atoms with E-state index in [4.69, 9.17) is 19.4 Å². The van der Waals surface area contributed by atoms with Crippen molar-refractivity contribution < 1.29 is 9.59 Å². The molecule has 2 atom stereocenters. The molecule has 2 aliphatic rings. The lowest BCUT2D eigenvalue weighted by Crippen LogP contribution is -2.21. The molecule has 2 fully saturated rings. The zero-order valence-corrected chi connectivity index (χ0v) is 15.1. The Labute approximate surface area is 150 Å². The summed E-state index contributed by atoms with van der Waals surface area (Å²) in [6.07, 6.45) is 6.39. The molecular formula is C20H24BClO2. The minimum atomic E-state index is -0.0711. The number of carbonyl (C=O) groups is 2. The molecule has 1 aromatic rings. The lowest BCUT2D eigenvalue weighted by atomic mass is 9.65. The van der Waals surface area contributed by atoms with Gasteiger partial charge in [0.1, 0.15) is 11.6 Å². The summed E-state index contributed by atoms with van der Waals surface area (Å²) in [5.74, 6) is 0.543. The maximum absolute atomic E-state index is 11.8. The molecule has 3 rings (SSSR count). The molecule has 0 heterocycles. The van der Waals surface area contributed by atoms with Crippen LogP contribution in [0.25, 0.3) is 0 Å². The van der Waals surface area contributed by atoms with Crippen molar-refractivity contribution in [1.29, 1.82) is 0 Å². The van der Waals surface area contributed by atoms with E-state index in [2.05, 4.69) is 13.0 Å². The summed E-state index contributed by atoms with van der Waals surface area (Å²) < 4.78 is 0. The van der Waals surface area contributed by atoms with Gasteiger partial charge in [0.05, 0.1) is 14.3 Å². The summed E-state index contributed by atoms with van der Waals surface area (Å²) in [5, 5.41) is 0.631. The Morgan fingerprint density at radius 3 is 2.29 bits per heavy atom. The lowest BCUT2D eigenvalue weighted by Gasteiger charge is -2.24. The molecule has 126 valence electrons. The number of hydrogen-bond donors (Lipinski definition) is 0. The summed E-state index contributed by atoms with van der Waals surface area (Å²) in [5.41, 5.74) is 2.28. The van der Waals surface area contributed by atoms with Crippen LogP contribution in [0.5, 0.6) is 0 Å². The molecule has 24 heavy (non-hydrogen) atoms. The average molecular weight is 343 g/mol. The molecule has 2 aliphatic carbocycles. The Hall–Kier alpha value is -1.09. The highest BCUT2D eigenvalue weighted by Crippen LogP contribution is 2.44. The van der Waals surface area contributed by atoms with E-state index in [-0.39, 0.29) is 29.2 Å². The number of rotatable bonds is 2. The fraction of sp³-hybridized carbons (Fsp3) is 0.600. The number of Topliss-reactive ketones (excluding diaryl/α,β-unsaturated/α-hetero) is 2. The molecule has 2 nitrogen and oxygen atoms in total. The number of hydrogen-bond acceptors (Lipinski definition) is 2. The third kappa shape index (κ3) is 4.30. The first kappa shape index (κ1) is 17.7. The van der Waals surface area contributed by atoms with E-state index in [9.17, 15) is 9.59 Å². The third-order valence-electron chi connectivity index (χ3n) is 5.59. The fourth-order valence-electron chi connectivity index (χ4n) is 4.19. The lowest BCUT2D eigenvalue weighted by molar-refractivity contribution is -0.130. The Kier molecular flexibility index (Phi) is 5.20. The van der Waals surface area contributed by atoms with Gasteiger partial charge in [0.15, 0.2) is 0 Å². The number of carbonyl (C=O) groups excluding carboxylic acids is 2. The molecule has 2 radical (unpaired) electrons. The fourth-order valence-corrected chi connectivity index (χ4v) is 4.44. The molecule has 0 amide bonds. The molecule has 4 heteroatoms. The van der Waals surface area contributed by atoms with E-state index < -0.39 is 0 Å². The molecule has 0 aliphatic heterocycles. The van der Waals surface area contributed by atoms with Crippen LogP contribution < -0.4 is 0 Å². The Bertz CT molecular complexity index is 637. The zero-order valence-electron chi connectivity index (χ0n) is 14.3. The summed E-state index contributed by atoms with van der Waals surface area (Å²) in [7, 11) is 6.32. The largest absolute Gasteiger partial charge is 0.299 e. The summed E-state index contributed by atoms with van der Waals surface area (Å²) in [4.78, 5) is 23.6. The van der Waals surface area contributed by atoms with Gasteiger partial charge >= 0.3 is 0 Å². The number of ketones is 2. The van der Waals surface area contributed by atoms with Crippen molar-refractivity contribution in [3.8, 4) is 0 Å². The van der Waals surface area contributed by atoms with Crippen molar-refractivity contribution in [2.45, 2.75) is 75.4 Å². The van der Waals surface area contributed by atoms with Gasteiger partial charge in [0.2, 0.25) is 0 Å². The van der Waals surface area contributed by atoms with Crippen LogP contribution in [-0.4, -0.2) is 19.4 Å². The Morgan fingerprint density at radius 1 is 1.00 bits per heavy atom. The van der Waals surface area contributed by atoms with Crippen molar-refractivity contribution in [3.05, 3.63) is 34.3 Å². The maximum atomic E-state index is 11.8. The Balaban J connectivity index is 1.83. The van der Waals surface area contributed by atoms with Gasteiger partial charge in [-0.2, -0.15) is 0 Å². The molecule has 1 aromatic carbocycles. The molecular weight excluding hydrogens is 318 g/mol. The zero-order chi connectivity index (χ0) is 17.3. The van der Waals surface area contributed by atoms with Crippen molar-refractivity contribution in [2.75, 3.05) is 0 Å². The van der Waals surface area contributed by atoms with Crippen molar-refractivity contribution in [2.24, 2.45) is 0 Å². The van der Waals surface area contributed by atoms with Crippen molar-refractivity contribution in [1.82, 2.24) is 0 Å². The van der Waals surface area contributed by atoms with E-state index in [0.29, 0.717) is 23.8 Å². The quantitative estimate of drug-likeness (QED) is 0.423. The third-order valence-corrected chi connectivity index (χ3v) is 5.81. The smallest absolute Gasteiger partial charge is 0.140 e. The van der Waals surface area contributed by atoms with Gasteiger partial charge in [-0.3, -0.25) is 9.59 Å². The summed E-state index contributed by atoms with van der Waals surface area (Å²) in [6.45, 7) is 2.14. The van der Waals surface area contributed by atoms with Gasteiger partial charge in [-0.25, -0.2) is 0 Å². The maximum Gasteiger partial charge on any atom is 0.140 e. The topological polar surface area (TPSA) is 34.1 Å². The predicted molar refractivity (Wildman–Crippen MR) is 98.0 cm³/mol.